The average molecular weight is 491 g/mol. The number of nitrogens with zero attached hydrogens (tertiary/aromatic N) is 6. The molecule has 4 rings (SSSR count). The van der Waals surface area contributed by atoms with Crippen molar-refractivity contribution in [1.82, 2.24) is 29.9 Å². The molecule has 0 spiro atoms. The van der Waals surface area contributed by atoms with Gasteiger partial charge in [-0.15, -0.1) is 5.10 Å². The number of likely N-dealkylation sites (tertiary alicyclic amines) is 1. The second-order valence-electron chi connectivity index (χ2n) is 8.14. The molecule has 1 aliphatic heterocycles. The number of halogens is 2. The molecular weight excluding hydrogens is 467 g/mol. The number of carbonyl (C=O) groups excluding carboxylic acids is 1. The molecule has 1 aromatic carbocycles. The fraction of sp³-hybridized carbons (Fsp3) is 0.409. The molecule has 0 bridgehead atoms. The van der Waals surface area contributed by atoms with E-state index in [1.165, 1.54) is 11.8 Å². The summed E-state index contributed by atoms with van der Waals surface area (Å²) < 4.78 is 1.63. The van der Waals surface area contributed by atoms with E-state index < -0.39 is 0 Å². The van der Waals surface area contributed by atoms with Gasteiger partial charge >= 0.3 is 0 Å². The number of aryl methyl sites for hydroxylation is 2. The van der Waals surface area contributed by atoms with Gasteiger partial charge in [0.05, 0.1) is 11.4 Å². The molecule has 1 atom stereocenters. The molecule has 7 nitrogen and oxygen atoms in total. The molecule has 1 aliphatic rings. The van der Waals surface area contributed by atoms with E-state index in [1.807, 2.05) is 24.8 Å². The third-order valence-electron chi connectivity index (χ3n) is 5.30. The lowest BCUT2D eigenvalue weighted by molar-refractivity contribution is 0.0676. The van der Waals surface area contributed by atoms with Crippen LogP contribution in [0.4, 0.5) is 0 Å². The van der Waals surface area contributed by atoms with Gasteiger partial charge in [-0.1, -0.05) is 47.1 Å². The first-order chi connectivity index (χ1) is 15.3. The summed E-state index contributed by atoms with van der Waals surface area (Å²) in [7, 11) is 0. The number of hydrogen-bond donors (Lipinski definition) is 0. The maximum atomic E-state index is 13.4. The normalized spacial score (nSPS) is 16.4. The number of piperidine rings is 1. The van der Waals surface area contributed by atoms with Crippen molar-refractivity contribution in [3.8, 4) is 5.69 Å². The molecule has 3 heterocycles. The van der Waals surface area contributed by atoms with Crippen molar-refractivity contribution >= 4 is 40.9 Å². The van der Waals surface area contributed by atoms with Gasteiger partial charge in [0.1, 0.15) is 0 Å². The molecule has 0 aliphatic carbocycles. The quantitative estimate of drug-likeness (QED) is 0.363. The van der Waals surface area contributed by atoms with Crippen LogP contribution in [0.2, 0.25) is 10.0 Å². The van der Waals surface area contributed by atoms with Crippen LogP contribution < -0.4 is 0 Å². The Morgan fingerprint density at radius 3 is 2.47 bits per heavy atom. The summed E-state index contributed by atoms with van der Waals surface area (Å²) in [6.07, 6.45) is 2.12. The molecule has 1 unspecified atom stereocenters. The van der Waals surface area contributed by atoms with E-state index in [2.05, 4.69) is 27.2 Å². The second-order valence-corrected chi connectivity index (χ2v) is 9.96. The molecule has 32 heavy (non-hydrogen) atoms. The molecule has 1 fully saturated rings. The zero-order valence-corrected chi connectivity index (χ0v) is 20.5. The highest BCUT2D eigenvalue weighted by Gasteiger charge is 2.28. The summed E-state index contributed by atoms with van der Waals surface area (Å²) in [4.78, 5) is 24.3. The van der Waals surface area contributed by atoms with E-state index in [9.17, 15) is 4.79 Å². The fourth-order valence-corrected chi connectivity index (χ4v) is 5.34. The Hall–Kier alpha value is -2.16. The molecule has 168 valence electrons. The van der Waals surface area contributed by atoms with Crippen LogP contribution in [-0.4, -0.2) is 48.9 Å². The fourth-order valence-electron chi connectivity index (χ4n) is 3.88. The van der Waals surface area contributed by atoms with Crippen molar-refractivity contribution in [2.45, 2.75) is 44.5 Å². The summed E-state index contributed by atoms with van der Waals surface area (Å²) >= 11 is 13.9. The van der Waals surface area contributed by atoms with Crippen LogP contribution in [0.1, 0.15) is 47.3 Å². The van der Waals surface area contributed by atoms with Crippen LogP contribution in [-0.2, 0) is 5.75 Å². The van der Waals surface area contributed by atoms with Gasteiger partial charge in [-0.05, 0) is 56.9 Å². The Morgan fingerprint density at radius 1 is 1.12 bits per heavy atom. The molecular formula is C22H24Cl2N6OS. The molecule has 3 aromatic rings. The first-order valence-electron chi connectivity index (χ1n) is 10.5. The highest BCUT2D eigenvalue weighted by atomic mass is 35.5. The smallest absolute Gasteiger partial charge is 0.276 e. The Kier molecular flexibility index (Phi) is 7.02. The minimum atomic E-state index is -0.104. The summed E-state index contributed by atoms with van der Waals surface area (Å²) in [6.45, 7) is 7.49. The van der Waals surface area contributed by atoms with Gasteiger partial charge < -0.3 is 4.90 Å². The van der Waals surface area contributed by atoms with Crippen LogP contribution in [0.15, 0.2) is 29.4 Å². The van der Waals surface area contributed by atoms with Gasteiger partial charge in [-0.3, -0.25) is 4.79 Å². The number of aromatic nitrogens is 5. The van der Waals surface area contributed by atoms with Gasteiger partial charge in [0, 0.05) is 40.3 Å². The van der Waals surface area contributed by atoms with Crippen molar-refractivity contribution in [2.24, 2.45) is 5.92 Å². The number of benzene rings is 1. The lowest BCUT2D eigenvalue weighted by Gasteiger charge is -2.30. The standard InChI is InChI=1S/C22H24Cl2N6OS/c1-13-5-4-6-29(11-13)21(31)20-19(12-32-22-25-14(2)7-15(3)26-22)30(28-27-20)18-9-16(23)8-17(24)10-18/h7-10,13H,4-6,11-12H2,1-3H3. The molecule has 0 radical (unpaired) electrons. The number of carbonyl (C=O) groups is 1. The number of rotatable bonds is 5. The summed E-state index contributed by atoms with van der Waals surface area (Å²) in [6, 6.07) is 7.08. The number of thioether (sulfide) groups is 1. The van der Waals surface area contributed by atoms with Crippen molar-refractivity contribution in [1.29, 1.82) is 0 Å². The van der Waals surface area contributed by atoms with Crippen molar-refractivity contribution < 1.29 is 4.79 Å². The van der Waals surface area contributed by atoms with Gasteiger partial charge in [0.25, 0.3) is 5.91 Å². The third-order valence-corrected chi connectivity index (χ3v) is 6.60. The van der Waals surface area contributed by atoms with Crippen LogP contribution in [0.5, 0.6) is 0 Å². The van der Waals surface area contributed by atoms with Crippen LogP contribution in [0.3, 0.4) is 0 Å². The van der Waals surface area contributed by atoms with Crippen LogP contribution >= 0.6 is 35.0 Å². The Balaban J connectivity index is 1.71. The molecule has 0 saturated carbocycles. The second kappa shape index (κ2) is 9.77. The lowest BCUT2D eigenvalue weighted by Crippen LogP contribution is -2.39. The van der Waals surface area contributed by atoms with Crippen molar-refractivity contribution in [2.75, 3.05) is 13.1 Å². The number of hydrogen-bond acceptors (Lipinski definition) is 6. The van der Waals surface area contributed by atoms with Gasteiger partial charge in [-0.25, -0.2) is 14.6 Å². The van der Waals surface area contributed by atoms with Crippen molar-refractivity contribution in [3.63, 3.8) is 0 Å². The summed E-state index contributed by atoms with van der Waals surface area (Å²) in [5.41, 5.74) is 3.45. The maximum absolute atomic E-state index is 13.4. The van der Waals surface area contributed by atoms with Gasteiger partial charge in [-0.2, -0.15) is 0 Å². The average Bonchev–Trinajstić information content (AvgIpc) is 3.14. The molecule has 0 N–H and O–H groups in total. The maximum Gasteiger partial charge on any atom is 0.276 e. The Labute approximate surface area is 201 Å². The Morgan fingerprint density at radius 2 is 1.81 bits per heavy atom. The molecule has 2 aromatic heterocycles. The summed E-state index contributed by atoms with van der Waals surface area (Å²) in [5, 5.41) is 10.2. The molecule has 10 heteroatoms. The van der Waals surface area contributed by atoms with Gasteiger partial charge in [0.15, 0.2) is 10.9 Å². The van der Waals surface area contributed by atoms with Crippen LogP contribution in [0, 0.1) is 19.8 Å². The van der Waals surface area contributed by atoms with E-state index in [0.717, 1.165) is 37.3 Å². The summed E-state index contributed by atoms with van der Waals surface area (Å²) in [5.74, 6) is 0.786. The monoisotopic (exact) mass is 490 g/mol. The zero-order chi connectivity index (χ0) is 22.8. The highest BCUT2D eigenvalue weighted by Crippen LogP contribution is 2.28. The van der Waals surface area contributed by atoms with E-state index in [-0.39, 0.29) is 5.91 Å². The third kappa shape index (κ3) is 5.24. The predicted octanol–water partition coefficient (Wildman–Crippen LogP) is 5.15. The van der Waals surface area contributed by atoms with E-state index in [1.54, 1.807) is 22.9 Å². The topological polar surface area (TPSA) is 76.8 Å². The molecule has 1 saturated heterocycles. The molecule has 1 amide bonds. The predicted molar refractivity (Wildman–Crippen MR) is 127 cm³/mol. The first-order valence-corrected chi connectivity index (χ1v) is 12.2. The van der Waals surface area contributed by atoms with Crippen molar-refractivity contribution in [3.05, 3.63) is 57.1 Å². The van der Waals surface area contributed by atoms with E-state index in [0.29, 0.717) is 43.9 Å². The SMILES string of the molecule is Cc1cc(C)nc(SCc2c(C(=O)N3CCCC(C)C3)nnn2-c2cc(Cl)cc(Cl)c2)n1. The zero-order valence-electron chi connectivity index (χ0n) is 18.2. The largest absolute Gasteiger partial charge is 0.337 e. The Bertz CT molecular complexity index is 1110. The van der Waals surface area contributed by atoms with E-state index in [4.69, 9.17) is 23.2 Å². The minimum Gasteiger partial charge on any atom is -0.337 e. The van der Waals surface area contributed by atoms with Crippen LogP contribution in [0.25, 0.3) is 5.69 Å². The highest BCUT2D eigenvalue weighted by molar-refractivity contribution is 7.98. The lowest BCUT2D eigenvalue weighted by atomic mass is 10.00. The number of amides is 1. The first kappa shape index (κ1) is 23.0. The van der Waals surface area contributed by atoms with E-state index >= 15 is 0 Å². The minimum absolute atomic E-state index is 0.104. The van der Waals surface area contributed by atoms with Gasteiger partial charge in [0.2, 0.25) is 0 Å².